The lowest BCUT2D eigenvalue weighted by molar-refractivity contribution is -0.183. The average molecular weight is 305 g/mol. The summed E-state index contributed by atoms with van der Waals surface area (Å²) in [5.74, 6) is -3.11. The van der Waals surface area contributed by atoms with Gasteiger partial charge in [0.05, 0.1) is 11.5 Å². The monoisotopic (exact) mass is 305 g/mol. The number of carbonyl (C=O) groups excluding carboxylic acids is 1. The fraction of sp³-hybridized carbons (Fsp3) is 0.500. The molecule has 116 valence electrons. The van der Waals surface area contributed by atoms with Crippen LogP contribution in [0.3, 0.4) is 0 Å². The lowest BCUT2D eigenvalue weighted by Crippen LogP contribution is -2.42. The van der Waals surface area contributed by atoms with Crippen LogP contribution in [0.15, 0.2) is 12.1 Å². The van der Waals surface area contributed by atoms with E-state index < -0.39 is 23.8 Å². The van der Waals surface area contributed by atoms with Crippen LogP contribution in [-0.4, -0.2) is 35.2 Å². The highest BCUT2D eigenvalue weighted by atomic mass is 19.4. The Balaban J connectivity index is 2.11. The summed E-state index contributed by atoms with van der Waals surface area (Å²) in [6, 6.07) is 2.05. The number of alkyl halides is 3. The van der Waals surface area contributed by atoms with Gasteiger partial charge < -0.3 is 10.0 Å². The molecule has 2 rings (SSSR count). The molecule has 0 spiro atoms. The number of aromatic hydroxyl groups is 1. The molecular weight excluding hydrogens is 290 g/mol. The maximum absolute atomic E-state index is 13.8. The molecule has 7 heteroatoms. The summed E-state index contributed by atoms with van der Waals surface area (Å²) in [5.41, 5.74) is -0.0246. The number of halogens is 4. The predicted octanol–water partition coefficient (Wildman–Crippen LogP) is 3.25. The molecule has 1 N–H and O–H groups in total. The molecule has 0 atom stereocenters. The van der Waals surface area contributed by atoms with Crippen molar-refractivity contribution in [3.8, 4) is 5.75 Å². The minimum absolute atomic E-state index is 0.0723. The van der Waals surface area contributed by atoms with E-state index in [2.05, 4.69) is 0 Å². The second-order valence-electron chi connectivity index (χ2n) is 5.23. The van der Waals surface area contributed by atoms with Gasteiger partial charge in [-0.05, 0) is 37.5 Å². The van der Waals surface area contributed by atoms with Gasteiger partial charge in [0.2, 0.25) is 0 Å². The van der Waals surface area contributed by atoms with Gasteiger partial charge in [-0.1, -0.05) is 0 Å². The number of phenolic OH excluding ortho intramolecular Hbond substituents is 1. The fourth-order valence-electron chi connectivity index (χ4n) is 2.41. The van der Waals surface area contributed by atoms with Crippen molar-refractivity contribution in [3.05, 3.63) is 29.1 Å². The van der Waals surface area contributed by atoms with Gasteiger partial charge in [0.25, 0.3) is 5.91 Å². The van der Waals surface area contributed by atoms with E-state index in [1.165, 1.54) is 11.8 Å². The number of hydrogen-bond acceptors (Lipinski definition) is 2. The van der Waals surface area contributed by atoms with Crippen LogP contribution in [0.1, 0.15) is 28.8 Å². The second kappa shape index (κ2) is 5.54. The van der Waals surface area contributed by atoms with Gasteiger partial charge in [-0.25, -0.2) is 4.39 Å². The zero-order valence-corrected chi connectivity index (χ0v) is 11.4. The van der Waals surface area contributed by atoms with Gasteiger partial charge in [0, 0.05) is 13.1 Å². The van der Waals surface area contributed by atoms with Crippen molar-refractivity contribution >= 4 is 5.91 Å². The minimum atomic E-state index is -4.26. The highest BCUT2D eigenvalue weighted by Crippen LogP contribution is 2.34. The van der Waals surface area contributed by atoms with E-state index in [0.29, 0.717) is 5.56 Å². The zero-order valence-electron chi connectivity index (χ0n) is 11.4. The summed E-state index contributed by atoms with van der Waals surface area (Å²) in [6.07, 6.45) is -4.63. The predicted molar refractivity (Wildman–Crippen MR) is 67.5 cm³/mol. The van der Waals surface area contributed by atoms with Crippen LogP contribution >= 0.6 is 0 Å². The van der Waals surface area contributed by atoms with Crippen LogP contribution in [0.5, 0.6) is 5.75 Å². The Bertz CT molecular complexity index is 549. The first kappa shape index (κ1) is 15.6. The Morgan fingerprint density at radius 2 is 1.86 bits per heavy atom. The van der Waals surface area contributed by atoms with Crippen LogP contribution in [0.25, 0.3) is 0 Å². The number of piperidine rings is 1. The highest BCUT2D eigenvalue weighted by Gasteiger charge is 2.41. The highest BCUT2D eigenvalue weighted by molar-refractivity contribution is 5.95. The van der Waals surface area contributed by atoms with Gasteiger partial charge in [0.1, 0.15) is 11.6 Å². The summed E-state index contributed by atoms with van der Waals surface area (Å²) in [5, 5.41) is 9.53. The first-order valence-corrected chi connectivity index (χ1v) is 6.55. The van der Waals surface area contributed by atoms with E-state index in [9.17, 15) is 27.5 Å². The molecule has 0 saturated carbocycles. The van der Waals surface area contributed by atoms with Gasteiger partial charge in [-0.3, -0.25) is 4.79 Å². The van der Waals surface area contributed by atoms with E-state index in [1.807, 2.05) is 0 Å². The summed E-state index contributed by atoms with van der Waals surface area (Å²) < 4.78 is 51.4. The van der Waals surface area contributed by atoms with Gasteiger partial charge in [-0.15, -0.1) is 0 Å². The molecule has 3 nitrogen and oxygen atoms in total. The molecule has 0 aliphatic carbocycles. The maximum atomic E-state index is 13.8. The SMILES string of the molecule is Cc1cc(F)c(C(=O)N2CCC(C(F)(F)F)CC2)cc1O. The molecule has 0 radical (unpaired) electrons. The molecule has 1 aliphatic rings. The first-order valence-electron chi connectivity index (χ1n) is 6.55. The third-order valence-electron chi connectivity index (χ3n) is 3.76. The number of carbonyl (C=O) groups is 1. The van der Waals surface area contributed by atoms with Crippen molar-refractivity contribution in [2.75, 3.05) is 13.1 Å². The number of benzene rings is 1. The van der Waals surface area contributed by atoms with Gasteiger partial charge in [-0.2, -0.15) is 13.2 Å². The lowest BCUT2D eigenvalue weighted by atomic mass is 9.95. The minimum Gasteiger partial charge on any atom is -0.508 e. The third-order valence-corrected chi connectivity index (χ3v) is 3.76. The number of nitrogens with zero attached hydrogens (tertiary/aromatic N) is 1. The van der Waals surface area contributed by atoms with Crippen molar-refractivity contribution < 1.29 is 27.5 Å². The van der Waals surface area contributed by atoms with Gasteiger partial charge >= 0.3 is 6.18 Å². The molecule has 1 heterocycles. The smallest absolute Gasteiger partial charge is 0.391 e. The van der Waals surface area contributed by atoms with E-state index in [1.54, 1.807) is 0 Å². The molecule has 1 aliphatic heterocycles. The Morgan fingerprint density at radius 3 is 2.38 bits per heavy atom. The summed E-state index contributed by atoms with van der Waals surface area (Å²) in [7, 11) is 0. The number of hydrogen-bond donors (Lipinski definition) is 1. The van der Waals surface area contributed by atoms with Crippen LogP contribution in [0.2, 0.25) is 0 Å². The average Bonchev–Trinajstić information content (AvgIpc) is 2.41. The molecule has 0 bridgehead atoms. The lowest BCUT2D eigenvalue weighted by Gasteiger charge is -2.33. The van der Waals surface area contributed by atoms with Crippen LogP contribution in [0, 0.1) is 18.7 Å². The number of rotatable bonds is 1. The molecule has 1 amide bonds. The number of aryl methyl sites for hydroxylation is 1. The Labute approximate surface area is 119 Å². The number of amides is 1. The van der Waals surface area contributed by atoms with E-state index in [4.69, 9.17) is 0 Å². The Hall–Kier alpha value is -1.79. The largest absolute Gasteiger partial charge is 0.508 e. The van der Waals surface area contributed by atoms with Crippen LogP contribution in [-0.2, 0) is 0 Å². The number of phenols is 1. The Morgan fingerprint density at radius 1 is 1.29 bits per heavy atom. The molecule has 1 fully saturated rings. The molecule has 1 aromatic carbocycles. The standard InChI is InChI=1S/C14H15F4NO2/c1-8-6-11(15)10(7-12(8)20)13(21)19-4-2-9(3-5-19)14(16,17)18/h6-7,9,20H,2-5H2,1H3. The molecule has 1 aromatic rings. The van der Waals surface area contributed by atoms with Crippen molar-refractivity contribution in [1.82, 2.24) is 4.90 Å². The maximum Gasteiger partial charge on any atom is 0.391 e. The van der Waals surface area contributed by atoms with Crippen LogP contribution < -0.4 is 0 Å². The molecule has 0 unspecified atom stereocenters. The van der Waals surface area contributed by atoms with Crippen molar-refractivity contribution in [3.63, 3.8) is 0 Å². The van der Waals surface area contributed by atoms with E-state index in [-0.39, 0.29) is 37.2 Å². The van der Waals surface area contributed by atoms with Crippen LogP contribution in [0.4, 0.5) is 17.6 Å². The molecule has 1 saturated heterocycles. The Kier molecular flexibility index (Phi) is 4.11. The molecule has 0 aromatic heterocycles. The normalized spacial score (nSPS) is 17.1. The second-order valence-corrected chi connectivity index (χ2v) is 5.23. The third kappa shape index (κ3) is 3.28. The van der Waals surface area contributed by atoms with Crippen molar-refractivity contribution in [2.45, 2.75) is 25.9 Å². The van der Waals surface area contributed by atoms with E-state index >= 15 is 0 Å². The number of likely N-dealkylation sites (tertiary alicyclic amines) is 1. The van der Waals surface area contributed by atoms with E-state index in [0.717, 1.165) is 12.1 Å². The zero-order chi connectivity index (χ0) is 15.8. The summed E-state index contributed by atoms with van der Waals surface area (Å²) in [4.78, 5) is 13.3. The van der Waals surface area contributed by atoms with Crippen molar-refractivity contribution in [2.24, 2.45) is 5.92 Å². The molecule has 21 heavy (non-hydrogen) atoms. The summed E-state index contributed by atoms with van der Waals surface area (Å²) >= 11 is 0. The fourth-order valence-corrected chi connectivity index (χ4v) is 2.41. The van der Waals surface area contributed by atoms with Gasteiger partial charge in [0.15, 0.2) is 0 Å². The quantitative estimate of drug-likeness (QED) is 0.809. The summed E-state index contributed by atoms with van der Waals surface area (Å²) in [6.45, 7) is 1.34. The topological polar surface area (TPSA) is 40.5 Å². The molecular formula is C14H15F4NO2. The first-order chi connectivity index (χ1) is 9.70. The van der Waals surface area contributed by atoms with Crippen molar-refractivity contribution in [1.29, 1.82) is 0 Å².